The fourth-order valence-electron chi connectivity index (χ4n) is 2.17. The summed E-state index contributed by atoms with van der Waals surface area (Å²) >= 11 is 0. The second-order valence-corrected chi connectivity index (χ2v) is 4.67. The van der Waals surface area contributed by atoms with E-state index in [0.717, 1.165) is 11.1 Å². The smallest absolute Gasteiger partial charge is 0.333 e. The fraction of sp³-hybridized carbons (Fsp3) is 0.235. The Bertz CT molecular complexity index is 509. The first-order chi connectivity index (χ1) is 9.66. The Morgan fingerprint density at radius 2 is 1.40 bits per heavy atom. The first-order valence-corrected chi connectivity index (χ1v) is 6.48. The van der Waals surface area contributed by atoms with Crippen LogP contribution in [0, 0.1) is 0 Å². The molecule has 3 nitrogen and oxygen atoms in total. The van der Waals surface area contributed by atoms with E-state index in [1.165, 1.54) is 7.11 Å². The van der Waals surface area contributed by atoms with Crippen LogP contribution >= 0.6 is 0 Å². The Morgan fingerprint density at radius 3 is 1.80 bits per heavy atom. The predicted molar refractivity (Wildman–Crippen MR) is 77.3 cm³/mol. The number of carbonyl (C=O) groups excluding carboxylic acids is 1. The maximum absolute atomic E-state index is 11.9. The topological polar surface area (TPSA) is 35.5 Å². The third kappa shape index (κ3) is 3.06. The normalized spacial score (nSPS) is 11.1. The molecule has 0 heterocycles. The molecule has 0 saturated heterocycles. The number of rotatable bonds is 5. The van der Waals surface area contributed by atoms with Gasteiger partial charge in [-0.25, -0.2) is 4.79 Å². The van der Waals surface area contributed by atoms with Crippen LogP contribution in [0.25, 0.3) is 0 Å². The minimum atomic E-state index is -0.821. The maximum atomic E-state index is 11.9. The summed E-state index contributed by atoms with van der Waals surface area (Å²) in [6.45, 7) is 1.83. The Hall–Kier alpha value is -2.13. The molecule has 0 unspecified atom stereocenters. The van der Waals surface area contributed by atoms with Gasteiger partial charge >= 0.3 is 5.97 Å². The molecule has 0 aliphatic carbocycles. The van der Waals surface area contributed by atoms with Crippen LogP contribution in [-0.4, -0.2) is 19.7 Å². The fourth-order valence-corrected chi connectivity index (χ4v) is 2.17. The Labute approximate surface area is 119 Å². The van der Waals surface area contributed by atoms with E-state index in [1.54, 1.807) is 0 Å². The van der Waals surface area contributed by atoms with Gasteiger partial charge in [-0.2, -0.15) is 0 Å². The van der Waals surface area contributed by atoms with Gasteiger partial charge < -0.3 is 9.47 Å². The predicted octanol–water partition coefficient (Wildman–Crippen LogP) is 3.14. The monoisotopic (exact) mass is 270 g/mol. The van der Waals surface area contributed by atoms with Gasteiger partial charge in [-0.15, -0.1) is 0 Å². The zero-order chi connectivity index (χ0) is 14.4. The van der Waals surface area contributed by atoms with Crippen LogP contribution in [0.5, 0.6) is 0 Å². The highest BCUT2D eigenvalue weighted by atomic mass is 16.6. The number of ether oxygens (including phenoxy) is 2. The van der Waals surface area contributed by atoms with Gasteiger partial charge in [-0.3, -0.25) is 0 Å². The molecule has 104 valence electrons. The number of methoxy groups -OCH3 is 1. The third-order valence-electron chi connectivity index (χ3n) is 3.23. The van der Waals surface area contributed by atoms with Crippen LogP contribution in [0.4, 0.5) is 0 Å². The standard InChI is InChI=1S/C17H18O3/c1-17(20-16(18)13-19-2,14-9-5-3-6-10-14)15-11-7-4-8-12-15/h3-12H,13H2,1-2H3. The van der Waals surface area contributed by atoms with Crippen LogP contribution in [0.15, 0.2) is 60.7 Å². The summed E-state index contributed by atoms with van der Waals surface area (Å²) in [7, 11) is 1.48. The average molecular weight is 270 g/mol. The molecule has 2 rings (SSSR count). The summed E-state index contributed by atoms with van der Waals surface area (Å²) in [5.41, 5.74) is 1.03. The lowest BCUT2D eigenvalue weighted by Gasteiger charge is -2.30. The van der Waals surface area contributed by atoms with Crippen LogP contribution in [0.1, 0.15) is 18.1 Å². The van der Waals surface area contributed by atoms with E-state index < -0.39 is 5.60 Å². The summed E-state index contributed by atoms with van der Waals surface area (Å²) < 4.78 is 10.5. The van der Waals surface area contributed by atoms with Crippen molar-refractivity contribution in [1.82, 2.24) is 0 Å². The Kier molecular flexibility index (Phi) is 4.53. The first-order valence-electron chi connectivity index (χ1n) is 6.48. The Balaban J connectivity index is 2.41. The van der Waals surface area contributed by atoms with Gasteiger partial charge in [0.15, 0.2) is 5.60 Å². The van der Waals surface area contributed by atoms with Crippen molar-refractivity contribution in [2.75, 3.05) is 13.7 Å². The van der Waals surface area contributed by atoms with Crippen molar-refractivity contribution >= 4 is 5.97 Å². The van der Waals surface area contributed by atoms with E-state index >= 15 is 0 Å². The SMILES string of the molecule is COCC(=O)OC(C)(c1ccccc1)c1ccccc1. The highest BCUT2D eigenvalue weighted by molar-refractivity contribution is 5.72. The lowest BCUT2D eigenvalue weighted by Crippen LogP contribution is -2.32. The molecule has 0 spiro atoms. The number of hydrogen-bond acceptors (Lipinski definition) is 3. The molecule has 0 saturated carbocycles. The van der Waals surface area contributed by atoms with E-state index in [1.807, 2.05) is 67.6 Å². The van der Waals surface area contributed by atoms with Gasteiger partial charge in [0, 0.05) is 7.11 Å². The van der Waals surface area contributed by atoms with Crippen molar-refractivity contribution in [2.45, 2.75) is 12.5 Å². The van der Waals surface area contributed by atoms with Crippen molar-refractivity contribution in [3.05, 3.63) is 71.8 Å². The zero-order valence-corrected chi connectivity index (χ0v) is 11.7. The van der Waals surface area contributed by atoms with Crippen LogP contribution in [-0.2, 0) is 19.9 Å². The second kappa shape index (κ2) is 6.35. The molecular formula is C17H18O3. The number of carbonyl (C=O) groups is 1. The minimum absolute atomic E-state index is 0.0603. The largest absolute Gasteiger partial charge is 0.448 e. The van der Waals surface area contributed by atoms with Crippen molar-refractivity contribution in [1.29, 1.82) is 0 Å². The highest BCUT2D eigenvalue weighted by Gasteiger charge is 2.32. The number of benzene rings is 2. The van der Waals surface area contributed by atoms with Crippen LogP contribution in [0.3, 0.4) is 0 Å². The summed E-state index contributed by atoms with van der Waals surface area (Å²) in [6, 6.07) is 19.4. The average Bonchev–Trinajstić information content (AvgIpc) is 2.49. The van der Waals surface area contributed by atoms with Gasteiger partial charge in [-0.1, -0.05) is 60.7 Å². The maximum Gasteiger partial charge on any atom is 0.333 e. The molecular weight excluding hydrogens is 252 g/mol. The van der Waals surface area contributed by atoms with Gasteiger partial charge in [0.2, 0.25) is 0 Å². The van der Waals surface area contributed by atoms with E-state index in [9.17, 15) is 4.79 Å². The van der Waals surface area contributed by atoms with Gasteiger partial charge in [-0.05, 0) is 18.1 Å². The molecule has 3 heteroatoms. The molecule has 0 amide bonds. The zero-order valence-electron chi connectivity index (χ0n) is 11.7. The van der Waals surface area contributed by atoms with Crippen LogP contribution < -0.4 is 0 Å². The molecule has 0 aromatic heterocycles. The third-order valence-corrected chi connectivity index (χ3v) is 3.23. The second-order valence-electron chi connectivity index (χ2n) is 4.67. The molecule has 0 fully saturated rings. The molecule has 2 aromatic rings. The van der Waals surface area contributed by atoms with E-state index in [-0.39, 0.29) is 12.6 Å². The van der Waals surface area contributed by atoms with Crippen molar-refractivity contribution < 1.29 is 14.3 Å². The highest BCUT2D eigenvalue weighted by Crippen LogP contribution is 2.33. The summed E-state index contributed by atoms with van der Waals surface area (Å²) in [5, 5.41) is 0. The quantitative estimate of drug-likeness (QED) is 0.783. The molecule has 0 aliphatic rings. The first kappa shape index (κ1) is 14.3. The molecule has 0 atom stereocenters. The van der Waals surface area contributed by atoms with Crippen molar-refractivity contribution in [2.24, 2.45) is 0 Å². The van der Waals surface area contributed by atoms with E-state index in [4.69, 9.17) is 9.47 Å². The van der Waals surface area contributed by atoms with E-state index in [2.05, 4.69) is 0 Å². The molecule has 20 heavy (non-hydrogen) atoms. The summed E-state index contributed by atoms with van der Waals surface area (Å²) in [4.78, 5) is 11.9. The van der Waals surface area contributed by atoms with Crippen molar-refractivity contribution in [3.8, 4) is 0 Å². The number of hydrogen-bond donors (Lipinski definition) is 0. The van der Waals surface area contributed by atoms with Gasteiger partial charge in [0.25, 0.3) is 0 Å². The van der Waals surface area contributed by atoms with Crippen LogP contribution in [0.2, 0.25) is 0 Å². The molecule has 0 N–H and O–H groups in total. The van der Waals surface area contributed by atoms with E-state index in [0.29, 0.717) is 0 Å². The lowest BCUT2D eigenvalue weighted by atomic mass is 9.88. The van der Waals surface area contributed by atoms with Crippen molar-refractivity contribution in [3.63, 3.8) is 0 Å². The summed E-state index contributed by atoms with van der Waals surface area (Å²) in [5.74, 6) is -0.386. The molecule has 0 aliphatic heterocycles. The summed E-state index contributed by atoms with van der Waals surface area (Å²) in [6.07, 6.45) is 0. The molecule has 0 radical (unpaired) electrons. The Morgan fingerprint density at radius 1 is 0.950 bits per heavy atom. The minimum Gasteiger partial charge on any atom is -0.448 e. The molecule has 0 bridgehead atoms. The lowest BCUT2D eigenvalue weighted by molar-refractivity contribution is -0.159. The molecule has 2 aromatic carbocycles. The van der Waals surface area contributed by atoms with Gasteiger partial charge in [0.05, 0.1) is 0 Å². The number of esters is 1. The van der Waals surface area contributed by atoms with Gasteiger partial charge in [0.1, 0.15) is 6.61 Å².